The van der Waals surface area contributed by atoms with Crippen molar-refractivity contribution in [3.63, 3.8) is 0 Å². The van der Waals surface area contributed by atoms with Gasteiger partial charge in [0.25, 0.3) is 0 Å². The van der Waals surface area contributed by atoms with Crippen molar-refractivity contribution in [3.05, 3.63) is 12.2 Å². The summed E-state index contributed by atoms with van der Waals surface area (Å²) in [7, 11) is 0. The Labute approximate surface area is 158 Å². The monoisotopic (exact) mass is 374 g/mol. The van der Waals surface area contributed by atoms with E-state index in [0.717, 1.165) is 32.1 Å². The topological polar surface area (TPSA) is 60.4 Å². The van der Waals surface area contributed by atoms with E-state index >= 15 is 0 Å². The molecule has 6 rings (SSSR count). The molecule has 0 aromatic carbocycles. The zero-order chi connectivity index (χ0) is 18.5. The van der Waals surface area contributed by atoms with Crippen LogP contribution >= 0.6 is 11.8 Å². The molecule has 140 valence electrons. The first-order valence-electron chi connectivity index (χ1n) is 9.81. The molecule has 5 heteroatoms. The van der Waals surface area contributed by atoms with Crippen LogP contribution in [-0.2, 0) is 19.1 Å². The number of ether oxygens (including phenoxy) is 1. The highest BCUT2D eigenvalue weighted by Gasteiger charge is 2.78. The summed E-state index contributed by atoms with van der Waals surface area (Å²) in [5.41, 5.74) is -1.22. The summed E-state index contributed by atoms with van der Waals surface area (Å²) >= 11 is 1.54. The fraction of sp³-hybridized carbons (Fsp3) is 0.762. The average molecular weight is 375 g/mol. The van der Waals surface area contributed by atoms with Crippen LogP contribution in [0.15, 0.2) is 12.2 Å². The molecule has 0 aromatic rings. The zero-order valence-corrected chi connectivity index (χ0v) is 16.3. The number of thioether (sulfide) groups is 1. The van der Waals surface area contributed by atoms with E-state index in [9.17, 15) is 14.4 Å². The minimum absolute atomic E-state index is 0.0106. The first-order valence-corrected chi connectivity index (χ1v) is 11.1. The molecule has 5 aliphatic carbocycles. The Hall–Kier alpha value is -1.10. The van der Waals surface area contributed by atoms with E-state index < -0.39 is 10.8 Å². The van der Waals surface area contributed by atoms with Gasteiger partial charge in [-0.25, -0.2) is 0 Å². The van der Waals surface area contributed by atoms with Gasteiger partial charge in [-0.15, -0.1) is 0 Å². The van der Waals surface area contributed by atoms with Crippen molar-refractivity contribution >= 4 is 29.3 Å². The number of fused-ring (bicyclic) bond motifs is 2. The first-order chi connectivity index (χ1) is 12.3. The van der Waals surface area contributed by atoms with E-state index in [0.29, 0.717) is 18.6 Å². The molecule has 5 saturated carbocycles. The molecule has 0 N–H and O–H groups in total. The summed E-state index contributed by atoms with van der Waals surface area (Å²) in [6, 6.07) is 0. The lowest BCUT2D eigenvalue weighted by Crippen LogP contribution is -2.75. The molecule has 1 heterocycles. The highest BCUT2D eigenvalue weighted by atomic mass is 32.2. The van der Waals surface area contributed by atoms with E-state index in [2.05, 4.69) is 13.5 Å². The summed E-state index contributed by atoms with van der Waals surface area (Å²) in [6.07, 6.45) is 6.87. The molecule has 0 amide bonds. The molecule has 6 fully saturated rings. The van der Waals surface area contributed by atoms with E-state index in [4.69, 9.17) is 4.74 Å². The van der Waals surface area contributed by atoms with Crippen molar-refractivity contribution in [1.82, 2.24) is 0 Å². The van der Waals surface area contributed by atoms with Gasteiger partial charge in [-0.3, -0.25) is 14.4 Å². The fourth-order valence-electron chi connectivity index (χ4n) is 7.59. The highest BCUT2D eigenvalue weighted by molar-refractivity contribution is 8.00. The van der Waals surface area contributed by atoms with Crippen LogP contribution in [0.25, 0.3) is 0 Å². The van der Waals surface area contributed by atoms with E-state index in [1.807, 2.05) is 6.26 Å². The summed E-state index contributed by atoms with van der Waals surface area (Å²) in [5, 5.41) is -0.296. The van der Waals surface area contributed by atoms with Gasteiger partial charge in [0, 0.05) is 11.3 Å². The third-order valence-corrected chi connectivity index (χ3v) is 9.62. The van der Waals surface area contributed by atoms with Crippen molar-refractivity contribution in [2.24, 2.45) is 34.0 Å². The van der Waals surface area contributed by atoms with Crippen LogP contribution in [0, 0.1) is 34.0 Å². The van der Waals surface area contributed by atoms with Crippen molar-refractivity contribution in [3.8, 4) is 0 Å². The van der Waals surface area contributed by atoms with Crippen LogP contribution in [-0.4, -0.2) is 35.6 Å². The van der Waals surface area contributed by atoms with E-state index in [-0.39, 0.29) is 46.0 Å². The van der Waals surface area contributed by atoms with Crippen molar-refractivity contribution in [2.75, 3.05) is 12.9 Å². The minimum atomic E-state index is -1.02. The summed E-state index contributed by atoms with van der Waals surface area (Å²) in [6.45, 7) is 6.64. The summed E-state index contributed by atoms with van der Waals surface area (Å²) < 4.78 is 5.76. The summed E-state index contributed by atoms with van der Waals surface area (Å²) in [5.74, 6) is -0.189. The number of cyclic esters (lactones) is 1. The predicted octanol–water partition coefficient (Wildman–Crippen LogP) is 3.19. The smallest absolute Gasteiger partial charge is 0.312 e. The molecular formula is C21H26O4S. The maximum Gasteiger partial charge on any atom is 0.312 e. The van der Waals surface area contributed by atoms with Gasteiger partial charge in [-0.2, -0.15) is 11.8 Å². The van der Waals surface area contributed by atoms with Gasteiger partial charge in [-0.1, -0.05) is 19.9 Å². The number of carbonyl (C=O) groups excluding carboxylic acids is 3. The van der Waals surface area contributed by atoms with Crippen molar-refractivity contribution in [2.45, 2.75) is 50.7 Å². The number of ketones is 2. The Bertz CT molecular complexity index is 759. The van der Waals surface area contributed by atoms with Gasteiger partial charge >= 0.3 is 5.97 Å². The molecule has 26 heavy (non-hydrogen) atoms. The molecule has 1 saturated heterocycles. The maximum atomic E-state index is 13.8. The SMILES string of the molecule is C=C1C(=O)[C@]23CC[C@H]1CC2[C@@]12CCC[C@@](C)(COC1=O)C2C(SC)C3=O. The fourth-order valence-corrected chi connectivity index (χ4v) is 8.86. The lowest BCUT2D eigenvalue weighted by Gasteiger charge is -2.68. The Morgan fingerprint density at radius 1 is 1.19 bits per heavy atom. The number of Topliss-reactive ketones (excluding diaryl/α,β-unsaturated/α-hetero) is 2. The van der Waals surface area contributed by atoms with Crippen LogP contribution in [0.5, 0.6) is 0 Å². The molecule has 0 radical (unpaired) electrons. The third-order valence-electron chi connectivity index (χ3n) is 8.63. The van der Waals surface area contributed by atoms with Crippen molar-refractivity contribution in [1.29, 1.82) is 0 Å². The van der Waals surface area contributed by atoms with Gasteiger partial charge in [-0.05, 0) is 55.8 Å². The Balaban J connectivity index is 1.78. The van der Waals surface area contributed by atoms with Crippen LogP contribution < -0.4 is 0 Å². The molecule has 4 nitrogen and oxygen atoms in total. The zero-order valence-electron chi connectivity index (χ0n) is 15.5. The lowest BCUT2D eigenvalue weighted by molar-refractivity contribution is -0.229. The van der Waals surface area contributed by atoms with Gasteiger partial charge in [0.05, 0.1) is 22.7 Å². The molecular weight excluding hydrogens is 348 g/mol. The molecule has 3 unspecified atom stereocenters. The lowest BCUT2D eigenvalue weighted by atomic mass is 9.35. The van der Waals surface area contributed by atoms with E-state index in [1.54, 1.807) is 11.8 Å². The van der Waals surface area contributed by atoms with Crippen LogP contribution in [0.3, 0.4) is 0 Å². The molecule has 1 spiro atoms. The largest absolute Gasteiger partial charge is 0.465 e. The second-order valence-corrected chi connectivity index (χ2v) is 10.5. The van der Waals surface area contributed by atoms with Crippen LogP contribution in [0.4, 0.5) is 0 Å². The van der Waals surface area contributed by atoms with Gasteiger partial charge < -0.3 is 4.74 Å². The van der Waals surface area contributed by atoms with Gasteiger partial charge in [0.1, 0.15) is 0 Å². The second-order valence-electron chi connectivity index (χ2n) is 9.47. The Morgan fingerprint density at radius 3 is 2.69 bits per heavy atom. The molecule has 7 atom stereocenters. The first kappa shape index (κ1) is 17.0. The highest BCUT2D eigenvalue weighted by Crippen LogP contribution is 2.72. The molecule has 1 aliphatic heterocycles. The van der Waals surface area contributed by atoms with Crippen LogP contribution in [0.1, 0.15) is 45.4 Å². The number of hydrogen-bond donors (Lipinski definition) is 0. The van der Waals surface area contributed by atoms with Crippen molar-refractivity contribution < 1.29 is 19.1 Å². The van der Waals surface area contributed by atoms with Crippen LogP contribution in [0.2, 0.25) is 0 Å². The number of esters is 1. The maximum absolute atomic E-state index is 13.8. The average Bonchev–Trinajstić information content (AvgIpc) is 2.63. The number of carbonyl (C=O) groups is 3. The van der Waals surface area contributed by atoms with Gasteiger partial charge in [0.2, 0.25) is 0 Å². The minimum Gasteiger partial charge on any atom is -0.465 e. The Kier molecular flexibility index (Phi) is 3.30. The molecule has 4 bridgehead atoms. The number of hydrogen-bond acceptors (Lipinski definition) is 5. The third kappa shape index (κ3) is 1.60. The van der Waals surface area contributed by atoms with Gasteiger partial charge in [0.15, 0.2) is 11.6 Å². The predicted molar refractivity (Wildman–Crippen MR) is 98.6 cm³/mol. The summed E-state index contributed by atoms with van der Waals surface area (Å²) in [4.78, 5) is 40.5. The standard InChI is InChI=1S/C21H26O4S/c1-11-12-5-8-21(16(11)22)13(9-12)20-7-4-6-19(2,10-25-18(20)24)15(20)14(26-3)17(21)23/h12-15H,1,4-10H2,2-3H3/t12-,13?,14?,15?,19-,20+,21-/m0/s1. The second kappa shape index (κ2) is 5.03. The number of allylic oxidation sites excluding steroid dienone is 1. The molecule has 6 aliphatic rings. The molecule has 0 aromatic heterocycles. The Morgan fingerprint density at radius 2 is 1.96 bits per heavy atom. The quantitative estimate of drug-likeness (QED) is 0.401. The van der Waals surface area contributed by atoms with E-state index in [1.165, 1.54) is 0 Å². The number of rotatable bonds is 1. The normalized spacial score (nSPS) is 52.4.